The van der Waals surface area contributed by atoms with Crippen molar-refractivity contribution in [2.45, 2.75) is 0 Å². The largest absolute Gasteiger partial charge is 0.336 e. The molecule has 7 rings (SSSR count). The first kappa shape index (κ1) is 22.9. The number of hydrogen-bond acceptors (Lipinski definition) is 7. The van der Waals surface area contributed by atoms with Crippen LogP contribution in [0.1, 0.15) is 10.4 Å². The van der Waals surface area contributed by atoms with E-state index in [9.17, 15) is 4.79 Å². The predicted octanol–water partition coefficient (Wildman–Crippen LogP) is 6.08. The Hall–Kier alpha value is -5.29. The molecular weight excluding hydrogens is 515 g/mol. The maximum absolute atomic E-state index is 16.1. The third-order valence-electron chi connectivity index (χ3n) is 6.27. The van der Waals surface area contributed by atoms with Gasteiger partial charge in [-0.15, -0.1) is 0 Å². The number of carbonyl (C=O) groups is 1. The minimum atomic E-state index is -0.582. The van der Waals surface area contributed by atoms with Gasteiger partial charge in [0.25, 0.3) is 5.91 Å². The first-order chi connectivity index (χ1) is 19.2. The lowest BCUT2D eigenvalue weighted by Gasteiger charge is -2.08. The second-order valence-corrected chi connectivity index (χ2v) is 9.50. The molecule has 9 nitrogen and oxygen atoms in total. The van der Waals surface area contributed by atoms with Crippen molar-refractivity contribution in [2.75, 3.05) is 5.32 Å². The molecule has 11 heteroatoms. The molecule has 0 unspecified atom stereocenters. The van der Waals surface area contributed by atoms with Crippen molar-refractivity contribution >= 4 is 44.9 Å². The zero-order valence-electron chi connectivity index (χ0n) is 20.0. The van der Waals surface area contributed by atoms with Gasteiger partial charge in [-0.2, -0.15) is 16.4 Å². The van der Waals surface area contributed by atoms with Gasteiger partial charge in [-0.05, 0) is 35.7 Å². The van der Waals surface area contributed by atoms with Crippen molar-refractivity contribution in [1.82, 2.24) is 35.1 Å². The molecule has 0 bridgehead atoms. The van der Waals surface area contributed by atoms with Crippen LogP contribution < -0.4 is 5.32 Å². The van der Waals surface area contributed by atoms with E-state index in [-0.39, 0.29) is 17.0 Å². The van der Waals surface area contributed by atoms with Crippen LogP contribution in [-0.2, 0) is 0 Å². The number of amides is 1. The maximum Gasteiger partial charge on any atom is 0.255 e. The number of aromatic amines is 2. The first-order valence-electron chi connectivity index (χ1n) is 11.9. The number of carbonyl (C=O) groups excluding carboxylic acids is 1. The highest BCUT2D eigenvalue weighted by Gasteiger charge is 2.22. The van der Waals surface area contributed by atoms with Crippen molar-refractivity contribution < 1.29 is 9.18 Å². The number of fused-ring (bicyclic) bond motifs is 2. The first-order valence-corrected chi connectivity index (χ1v) is 12.8. The summed E-state index contributed by atoms with van der Waals surface area (Å²) in [4.78, 5) is 33.6. The molecular formula is C28H17FN8OS. The summed E-state index contributed by atoms with van der Waals surface area (Å²) >= 11 is 1.57. The Kier molecular flexibility index (Phi) is 5.41. The van der Waals surface area contributed by atoms with E-state index in [0.29, 0.717) is 39.4 Å². The fourth-order valence-electron chi connectivity index (χ4n) is 4.44. The van der Waals surface area contributed by atoms with Gasteiger partial charge in [-0.3, -0.25) is 24.8 Å². The molecule has 0 atom stereocenters. The molecule has 0 saturated heterocycles. The van der Waals surface area contributed by atoms with Crippen LogP contribution in [0.3, 0.4) is 0 Å². The minimum absolute atomic E-state index is 0.0743. The topological polar surface area (TPSA) is 125 Å². The number of nitrogens with one attached hydrogen (secondary N) is 3. The molecule has 188 valence electrons. The van der Waals surface area contributed by atoms with Crippen LogP contribution in [0, 0.1) is 5.82 Å². The molecule has 0 saturated carbocycles. The summed E-state index contributed by atoms with van der Waals surface area (Å²) in [5.74, 6) is -0.475. The summed E-state index contributed by atoms with van der Waals surface area (Å²) in [5, 5.41) is 14.2. The van der Waals surface area contributed by atoms with Gasteiger partial charge in [-0.1, -0.05) is 18.2 Å². The van der Waals surface area contributed by atoms with E-state index in [4.69, 9.17) is 4.98 Å². The number of thiophene rings is 1. The molecule has 3 N–H and O–H groups in total. The molecule has 0 aliphatic carbocycles. The average molecular weight is 533 g/mol. The van der Waals surface area contributed by atoms with Crippen LogP contribution in [0.5, 0.6) is 0 Å². The molecule has 0 aliphatic rings. The third-order valence-corrected chi connectivity index (χ3v) is 6.95. The van der Waals surface area contributed by atoms with Gasteiger partial charge in [0.1, 0.15) is 16.9 Å². The lowest BCUT2D eigenvalue weighted by Crippen LogP contribution is -2.11. The third kappa shape index (κ3) is 4.01. The van der Waals surface area contributed by atoms with Gasteiger partial charge in [0, 0.05) is 34.5 Å². The SMILES string of the molecule is O=C(Nc1cncc(-c2ncc3[nH]nc(-c4nc5c(-c6ccsc6)nccc5[nH]4)c3c2F)c1)c1ccccc1. The number of aromatic nitrogens is 7. The molecule has 1 amide bonds. The molecule has 0 aliphatic heterocycles. The van der Waals surface area contributed by atoms with E-state index in [2.05, 4.69) is 35.5 Å². The van der Waals surface area contributed by atoms with Crippen molar-refractivity contribution in [2.24, 2.45) is 0 Å². The van der Waals surface area contributed by atoms with Crippen LogP contribution in [0.15, 0.2) is 84.1 Å². The van der Waals surface area contributed by atoms with E-state index >= 15 is 4.39 Å². The highest BCUT2D eigenvalue weighted by Crippen LogP contribution is 2.34. The summed E-state index contributed by atoms with van der Waals surface area (Å²) in [6, 6.07) is 14.2. The Morgan fingerprint density at radius 3 is 2.67 bits per heavy atom. The average Bonchev–Trinajstić information content (AvgIpc) is 3.73. The maximum atomic E-state index is 16.1. The minimum Gasteiger partial charge on any atom is -0.336 e. The Morgan fingerprint density at radius 1 is 0.923 bits per heavy atom. The number of pyridine rings is 3. The summed E-state index contributed by atoms with van der Waals surface area (Å²) in [6.45, 7) is 0. The quantitative estimate of drug-likeness (QED) is 0.247. The second kappa shape index (κ2) is 9.23. The van der Waals surface area contributed by atoms with Crippen molar-refractivity contribution in [3.8, 4) is 34.0 Å². The molecule has 39 heavy (non-hydrogen) atoms. The summed E-state index contributed by atoms with van der Waals surface area (Å²) in [7, 11) is 0. The number of H-pyrrole nitrogens is 2. The van der Waals surface area contributed by atoms with E-state index in [1.54, 1.807) is 47.9 Å². The number of imidazole rings is 1. The Bertz CT molecular complexity index is 1980. The number of rotatable bonds is 5. The zero-order valence-corrected chi connectivity index (χ0v) is 20.8. The van der Waals surface area contributed by atoms with Gasteiger partial charge >= 0.3 is 0 Å². The molecule has 6 heterocycles. The molecule has 0 fully saturated rings. The van der Waals surface area contributed by atoms with Crippen LogP contribution in [0.2, 0.25) is 0 Å². The fraction of sp³-hybridized carbons (Fsp3) is 0. The zero-order chi connectivity index (χ0) is 26.3. The van der Waals surface area contributed by atoms with Crippen molar-refractivity contribution in [3.63, 3.8) is 0 Å². The number of benzene rings is 1. The second-order valence-electron chi connectivity index (χ2n) is 8.72. The predicted molar refractivity (Wildman–Crippen MR) is 148 cm³/mol. The Morgan fingerprint density at radius 2 is 1.82 bits per heavy atom. The number of nitrogens with zero attached hydrogens (tertiary/aromatic N) is 5. The van der Waals surface area contributed by atoms with E-state index < -0.39 is 5.82 Å². The van der Waals surface area contributed by atoms with Gasteiger partial charge < -0.3 is 10.3 Å². The van der Waals surface area contributed by atoms with Gasteiger partial charge in [0.15, 0.2) is 11.6 Å². The van der Waals surface area contributed by atoms with E-state index in [0.717, 1.165) is 16.8 Å². The number of anilines is 1. The molecule has 0 spiro atoms. The van der Waals surface area contributed by atoms with Crippen LogP contribution in [-0.4, -0.2) is 41.0 Å². The normalized spacial score (nSPS) is 11.3. The Balaban J connectivity index is 1.29. The lowest BCUT2D eigenvalue weighted by atomic mass is 10.1. The summed E-state index contributed by atoms with van der Waals surface area (Å²) in [6.07, 6.45) is 6.21. The molecule has 6 aromatic heterocycles. The summed E-state index contributed by atoms with van der Waals surface area (Å²) < 4.78 is 16.1. The Labute approximate surface area is 223 Å². The van der Waals surface area contributed by atoms with Gasteiger partial charge in [0.2, 0.25) is 0 Å². The van der Waals surface area contributed by atoms with E-state index in [1.165, 1.54) is 18.6 Å². The number of halogens is 1. The van der Waals surface area contributed by atoms with Crippen LogP contribution in [0.4, 0.5) is 10.1 Å². The van der Waals surface area contributed by atoms with Crippen LogP contribution >= 0.6 is 11.3 Å². The van der Waals surface area contributed by atoms with E-state index in [1.807, 2.05) is 29.0 Å². The van der Waals surface area contributed by atoms with Gasteiger partial charge in [-0.25, -0.2) is 9.37 Å². The number of hydrogen-bond donors (Lipinski definition) is 3. The monoisotopic (exact) mass is 532 g/mol. The van der Waals surface area contributed by atoms with Crippen LogP contribution in [0.25, 0.3) is 56.0 Å². The van der Waals surface area contributed by atoms with Crippen molar-refractivity contribution in [3.05, 3.63) is 95.5 Å². The smallest absolute Gasteiger partial charge is 0.255 e. The standard InChI is InChI=1S/C28H17FN8OS/c29-22-21-20(13-32-23(22)17-10-18(12-30-11-17)33-28(38)15-4-2-1-3-5-15)36-37-26(21)27-34-19-6-8-31-24(25(19)35-27)16-7-9-39-14-16/h1-14H,(H,33,38)(H,34,35)(H,36,37). The highest BCUT2D eigenvalue weighted by atomic mass is 32.1. The highest BCUT2D eigenvalue weighted by molar-refractivity contribution is 7.08. The molecule has 0 radical (unpaired) electrons. The lowest BCUT2D eigenvalue weighted by molar-refractivity contribution is 0.102. The summed E-state index contributed by atoms with van der Waals surface area (Å²) in [5.41, 5.74) is 5.26. The van der Waals surface area contributed by atoms with Crippen molar-refractivity contribution in [1.29, 1.82) is 0 Å². The molecule has 7 aromatic rings. The van der Waals surface area contributed by atoms with Gasteiger partial charge in [0.05, 0.1) is 40.2 Å². The fourth-order valence-corrected chi connectivity index (χ4v) is 5.08. The molecule has 1 aromatic carbocycles.